The molecule has 0 bridgehead atoms. The molecule has 144 valence electrons. The van der Waals surface area contributed by atoms with Crippen LogP contribution >= 0.6 is 12.4 Å². The molecule has 1 aromatic heterocycles. The number of hydrogen-bond donors (Lipinski definition) is 3. The summed E-state index contributed by atoms with van der Waals surface area (Å²) in [5, 5.41) is 13.4. The first-order valence-corrected chi connectivity index (χ1v) is 9.01. The zero-order chi connectivity index (χ0) is 18.1. The van der Waals surface area contributed by atoms with Gasteiger partial charge in [0, 0.05) is 49.5 Å². The Balaban J connectivity index is 0.00000210. The maximum Gasteiger partial charge on any atom is 0.251 e. The Labute approximate surface area is 164 Å². The highest BCUT2D eigenvalue weighted by molar-refractivity contribution is 5.96. The van der Waals surface area contributed by atoms with Crippen LogP contribution in [-0.2, 0) is 11.8 Å². The molecule has 2 atom stereocenters. The Morgan fingerprint density at radius 3 is 2.56 bits per heavy atom. The van der Waals surface area contributed by atoms with Crippen LogP contribution < -0.4 is 16.0 Å². The molecule has 2 fully saturated rings. The smallest absolute Gasteiger partial charge is 0.251 e. The maximum absolute atomic E-state index is 12.7. The van der Waals surface area contributed by atoms with Gasteiger partial charge in [0.25, 0.3) is 5.91 Å². The Kier molecular flexibility index (Phi) is 5.82. The van der Waals surface area contributed by atoms with Crippen LogP contribution in [0.2, 0.25) is 0 Å². The van der Waals surface area contributed by atoms with Gasteiger partial charge >= 0.3 is 0 Å². The number of carbonyl (C=O) groups is 2. The second kappa shape index (κ2) is 8.10. The van der Waals surface area contributed by atoms with E-state index >= 15 is 0 Å². The molecule has 0 unspecified atom stereocenters. The van der Waals surface area contributed by atoms with Gasteiger partial charge in [-0.1, -0.05) is 0 Å². The minimum Gasteiger partial charge on any atom is -0.349 e. The first-order chi connectivity index (χ1) is 12.6. The van der Waals surface area contributed by atoms with Gasteiger partial charge in [-0.3, -0.25) is 14.3 Å². The zero-order valence-corrected chi connectivity index (χ0v) is 16.0. The Morgan fingerprint density at radius 1 is 1.19 bits per heavy atom. The van der Waals surface area contributed by atoms with Crippen LogP contribution in [0.5, 0.6) is 0 Å². The average Bonchev–Trinajstić information content (AvgIpc) is 3.13. The predicted molar refractivity (Wildman–Crippen MR) is 105 cm³/mol. The van der Waals surface area contributed by atoms with Crippen molar-refractivity contribution in [3.05, 3.63) is 47.8 Å². The minimum absolute atomic E-state index is 0. The standard InChI is InChI=1S/C19H23N5O2.ClH/c1-24-11-13(8-21-24)16-9-20-10-17(16)19(26)23-14-4-2-12(3-5-14)18(25)22-15-6-7-15;/h2-5,8,11,15-17,20H,6-7,9-10H2,1H3,(H,22,25)(H,23,26);1H/t16-,17+;/m1./s1. The Morgan fingerprint density at radius 2 is 1.93 bits per heavy atom. The second-order valence-electron chi connectivity index (χ2n) is 7.13. The van der Waals surface area contributed by atoms with Gasteiger partial charge in [-0.05, 0) is 42.7 Å². The SMILES string of the molecule is Cl.Cn1cc([C@H]2CNC[C@@H]2C(=O)Nc2ccc(C(=O)NC3CC3)cc2)cn1. The van der Waals surface area contributed by atoms with Crippen LogP contribution in [0.3, 0.4) is 0 Å². The van der Waals surface area contributed by atoms with Crippen LogP contribution in [-0.4, -0.2) is 40.7 Å². The van der Waals surface area contributed by atoms with Crippen molar-refractivity contribution in [3.8, 4) is 0 Å². The lowest BCUT2D eigenvalue weighted by Crippen LogP contribution is -2.28. The molecule has 1 aliphatic heterocycles. The van der Waals surface area contributed by atoms with Gasteiger partial charge in [0.1, 0.15) is 0 Å². The molecule has 1 saturated carbocycles. The number of aryl methyl sites for hydroxylation is 1. The van der Waals surface area contributed by atoms with Gasteiger partial charge in [0.05, 0.1) is 12.1 Å². The fraction of sp³-hybridized carbons (Fsp3) is 0.421. The monoisotopic (exact) mass is 389 g/mol. The fourth-order valence-electron chi connectivity index (χ4n) is 3.37. The van der Waals surface area contributed by atoms with Gasteiger partial charge in [-0.25, -0.2) is 0 Å². The van der Waals surface area contributed by atoms with Gasteiger partial charge in [0.15, 0.2) is 0 Å². The number of halogens is 1. The molecule has 1 aliphatic carbocycles. The van der Waals surface area contributed by atoms with E-state index in [4.69, 9.17) is 0 Å². The number of rotatable bonds is 5. The Bertz CT molecular complexity index is 816. The molecule has 2 aliphatic rings. The van der Waals surface area contributed by atoms with E-state index in [1.165, 1.54) is 0 Å². The van der Waals surface area contributed by atoms with Crippen LogP contribution in [0.25, 0.3) is 0 Å². The highest BCUT2D eigenvalue weighted by Gasteiger charge is 2.34. The average molecular weight is 390 g/mol. The largest absolute Gasteiger partial charge is 0.349 e. The van der Waals surface area contributed by atoms with Crippen LogP contribution in [0, 0.1) is 5.92 Å². The van der Waals surface area contributed by atoms with Crippen LogP contribution in [0.15, 0.2) is 36.7 Å². The molecule has 1 aromatic carbocycles. The molecule has 3 N–H and O–H groups in total. The van der Waals surface area contributed by atoms with Gasteiger partial charge < -0.3 is 16.0 Å². The summed E-state index contributed by atoms with van der Waals surface area (Å²) in [7, 11) is 1.88. The fourth-order valence-corrected chi connectivity index (χ4v) is 3.37. The predicted octanol–water partition coefficient (Wildman–Crippen LogP) is 1.68. The molecule has 0 radical (unpaired) electrons. The molecular formula is C19H24ClN5O2. The first kappa shape index (κ1) is 19.4. The molecule has 7 nitrogen and oxygen atoms in total. The van der Waals surface area contributed by atoms with Gasteiger partial charge in [-0.2, -0.15) is 5.10 Å². The van der Waals surface area contributed by atoms with Crippen molar-refractivity contribution < 1.29 is 9.59 Å². The summed E-state index contributed by atoms with van der Waals surface area (Å²) in [6.07, 6.45) is 5.91. The van der Waals surface area contributed by atoms with Crippen molar-refractivity contribution >= 4 is 29.9 Å². The van der Waals surface area contributed by atoms with Crippen molar-refractivity contribution in [3.63, 3.8) is 0 Å². The lowest BCUT2D eigenvalue weighted by molar-refractivity contribution is -0.119. The zero-order valence-electron chi connectivity index (χ0n) is 15.1. The number of amides is 2. The topological polar surface area (TPSA) is 88.0 Å². The van der Waals surface area contributed by atoms with E-state index in [1.54, 1.807) is 28.9 Å². The molecule has 1 saturated heterocycles. The number of nitrogens with one attached hydrogen (secondary N) is 3. The second-order valence-corrected chi connectivity index (χ2v) is 7.13. The van der Waals surface area contributed by atoms with Crippen LogP contribution in [0.4, 0.5) is 5.69 Å². The number of aromatic nitrogens is 2. The molecule has 27 heavy (non-hydrogen) atoms. The summed E-state index contributed by atoms with van der Waals surface area (Å²) in [5.41, 5.74) is 2.39. The van der Waals surface area contributed by atoms with E-state index in [1.807, 2.05) is 19.4 Å². The van der Waals surface area contributed by atoms with E-state index in [2.05, 4.69) is 21.0 Å². The number of anilines is 1. The highest BCUT2D eigenvalue weighted by Crippen LogP contribution is 2.29. The van der Waals surface area contributed by atoms with Crippen molar-refractivity contribution in [2.75, 3.05) is 18.4 Å². The lowest BCUT2D eigenvalue weighted by atomic mass is 9.90. The van der Waals surface area contributed by atoms with E-state index in [0.29, 0.717) is 23.8 Å². The maximum atomic E-state index is 12.7. The molecule has 2 heterocycles. The lowest BCUT2D eigenvalue weighted by Gasteiger charge is -2.17. The quantitative estimate of drug-likeness (QED) is 0.726. The minimum atomic E-state index is -0.142. The summed E-state index contributed by atoms with van der Waals surface area (Å²) in [6, 6.07) is 7.39. The molecular weight excluding hydrogens is 366 g/mol. The summed E-state index contributed by atoms with van der Waals surface area (Å²) in [6.45, 7) is 1.41. The summed E-state index contributed by atoms with van der Waals surface area (Å²) < 4.78 is 1.76. The first-order valence-electron chi connectivity index (χ1n) is 9.01. The number of carbonyl (C=O) groups excluding carboxylic acids is 2. The molecule has 8 heteroatoms. The van der Waals surface area contributed by atoms with E-state index in [0.717, 1.165) is 24.9 Å². The summed E-state index contributed by atoms with van der Waals surface area (Å²) in [5.74, 6) is -0.0922. The summed E-state index contributed by atoms with van der Waals surface area (Å²) in [4.78, 5) is 24.7. The van der Waals surface area contributed by atoms with Gasteiger partial charge in [0.2, 0.25) is 5.91 Å². The third-order valence-corrected chi connectivity index (χ3v) is 5.03. The van der Waals surface area contributed by atoms with Crippen molar-refractivity contribution in [2.45, 2.75) is 24.8 Å². The van der Waals surface area contributed by atoms with Crippen LogP contribution in [0.1, 0.15) is 34.7 Å². The number of hydrogen-bond acceptors (Lipinski definition) is 4. The molecule has 4 rings (SSSR count). The van der Waals surface area contributed by atoms with E-state index in [-0.39, 0.29) is 36.1 Å². The number of nitrogens with zero attached hydrogens (tertiary/aromatic N) is 2. The molecule has 2 amide bonds. The molecule has 0 spiro atoms. The van der Waals surface area contributed by atoms with E-state index < -0.39 is 0 Å². The summed E-state index contributed by atoms with van der Waals surface area (Å²) >= 11 is 0. The highest BCUT2D eigenvalue weighted by atomic mass is 35.5. The van der Waals surface area contributed by atoms with Crippen molar-refractivity contribution in [1.82, 2.24) is 20.4 Å². The normalized spacial score (nSPS) is 21.4. The third-order valence-electron chi connectivity index (χ3n) is 5.03. The van der Waals surface area contributed by atoms with Gasteiger partial charge in [-0.15, -0.1) is 12.4 Å². The van der Waals surface area contributed by atoms with E-state index in [9.17, 15) is 9.59 Å². The van der Waals surface area contributed by atoms with Crippen molar-refractivity contribution in [2.24, 2.45) is 13.0 Å². The molecule has 2 aromatic rings. The van der Waals surface area contributed by atoms with Crippen molar-refractivity contribution in [1.29, 1.82) is 0 Å². The number of benzene rings is 1. The Hall–Kier alpha value is -2.38. The third kappa shape index (κ3) is 4.48.